The largest absolute Gasteiger partial charge is 0.369 e. The van der Waals surface area contributed by atoms with Gasteiger partial charge in [-0.1, -0.05) is 0 Å². The van der Waals surface area contributed by atoms with Crippen molar-refractivity contribution in [3.05, 3.63) is 16.1 Å². The van der Waals surface area contributed by atoms with E-state index in [4.69, 9.17) is 0 Å². The van der Waals surface area contributed by atoms with E-state index < -0.39 is 5.92 Å². The van der Waals surface area contributed by atoms with Crippen molar-refractivity contribution in [2.75, 3.05) is 11.9 Å². The zero-order valence-corrected chi connectivity index (χ0v) is 9.75. The van der Waals surface area contributed by atoms with E-state index in [0.717, 1.165) is 10.5 Å². The highest BCUT2D eigenvalue weighted by atomic mass is 127. The zero-order valence-electron chi connectivity index (χ0n) is 7.60. The predicted molar refractivity (Wildman–Crippen MR) is 58.5 cm³/mol. The molecule has 0 atom stereocenters. The minimum absolute atomic E-state index is 0.201. The SMILES string of the molecule is CC(F)(F)CCNc1ncncc1I. The van der Waals surface area contributed by atoms with Crippen molar-refractivity contribution in [2.45, 2.75) is 19.3 Å². The van der Waals surface area contributed by atoms with Crippen molar-refractivity contribution in [1.82, 2.24) is 9.97 Å². The lowest BCUT2D eigenvalue weighted by molar-refractivity contribution is 0.0166. The molecule has 1 rings (SSSR count). The van der Waals surface area contributed by atoms with E-state index in [1.807, 2.05) is 22.6 Å². The van der Waals surface area contributed by atoms with Crippen molar-refractivity contribution in [3.8, 4) is 0 Å². The van der Waals surface area contributed by atoms with Gasteiger partial charge in [0, 0.05) is 19.2 Å². The van der Waals surface area contributed by atoms with Gasteiger partial charge < -0.3 is 5.32 Å². The van der Waals surface area contributed by atoms with Crippen molar-refractivity contribution < 1.29 is 8.78 Å². The molecular formula is C8H10F2IN3. The van der Waals surface area contributed by atoms with Gasteiger partial charge in [-0.05, 0) is 29.5 Å². The van der Waals surface area contributed by atoms with E-state index in [-0.39, 0.29) is 13.0 Å². The zero-order chi connectivity index (χ0) is 10.6. The van der Waals surface area contributed by atoms with Gasteiger partial charge in [-0.25, -0.2) is 18.7 Å². The summed E-state index contributed by atoms with van der Waals surface area (Å²) in [5.41, 5.74) is 0. The second-order valence-corrected chi connectivity index (χ2v) is 4.13. The number of aromatic nitrogens is 2. The molecule has 0 aliphatic heterocycles. The third kappa shape index (κ3) is 4.12. The van der Waals surface area contributed by atoms with Crippen LogP contribution in [0.5, 0.6) is 0 Å². The molecule has 14 heavy (non-hydrogen) atoms. The molecule has 0 amide bonds. The molecule has 78 valence electrons. The number of rotatable bonds is 4. The van der Waals surface area contributed by atoms with Crippen LogP contribution in [0.25, 0.3) is 0 Å². The van der Waals surface area contributed by atoms with Gasteiger partial charge in [0.05, 0.1) is 3.57 Å². The Bertz CT molecular complexity index is 301. The van der Waals surface area contributed by atoms with Gasteiger partial charge in [-0.2, -0.15) is 0 Å². The minimum atomic E-state index is -2.63. The summed E-state index contributed by atoms with van der Waals surface area (Å²) in [5.74, 6) is -2.03. The highest BCUT2D eigenvalue weighted by Gasteiger charge is 2.20. The average Bonchev–Trinajstić information content (AvgIpc) is 2.06. The first-order valence-corrected chi connectivity index (χ1v) is 5.14. The lowest BCUT2D eigenvalue weighted by Crippen LogP contribution is -2.16. The van der Waals surface area contributed by atoms with Crippen LogP contribution in [0.15, 0.2) is 12.5 Å². The van der Waals surface area contributed by atoms with E-state index in [9.17, 15) is 8.78 Å². The van der Waals surface area contributed by atoms with E-state index >= 15 is 0 Å². The summed E-state index contributed by atoms with van der Waals surface area (Å²) in [6.45, 7) is 1.11. The lowest BCUT2D eigenvalue weighted by atomic mass is 10.3. The van der Waals surface area contributed by atoms with Crippen LogP contribution in [0.3, 0.4) is 0 Å². The molecule has 0 bridgehead atoms. The molecule has 1 aromatic rings. The van der Waals surface area contributed by atoms with Crippen molar-refractivity contribution in [3.63, 3.8) is 0 Å². The maximum Gasteiger partial charge on any atom is 0.247 e. The normalized spacial score (nSPS) is 11.4. The van der Waals surface area contributed by atoms with Crippen LogP contribution in [0.4, 0.5) is 14.6 Å². The van der Waals surface area contributed by atoms with Crippen LogP contribution >= 0.6 is 22.6 Å². The highest BCUT2D eigenvalue weighted by Crippen LogP contribution is 2.17. The molecule has 0 radical (unpaired) electrons. The monoisotopic (exact) mass is 313 g/mol. The molecule has 0 fully saturated rings. The second-order valence-electron chi connectivity index (χ2n) is 2.97. The number of hydrogen-bond acceptors (Lipinski definition) is 3. The topological polar surface area (TPSA) is 37.8 Å². The van der Waals surface area contributed by atoms with Crippen LogP contribution in [0.1, 0.15) is 13.3 Å². The van der Waals surface area contributed by atoms with Gasteiger partial charge in [-0.3, -0.25) is 0 Å². The summed E-state index contributed by atoms with van der Waals surface area (Å²) in [4.78, 5) is 7.72. The number of hydrogen-bond donors (Lipinski definition) is 1. The Morgan fingerprint density at radius 1 is 1.57 bits per heavy atom. The second kappa shape index (κ2) is 4.81. The molecule has 6 heteroatoms. The maximum absolute atomic E-state index is 12.5. The summed E-state index contributed by atoms with van der Waals surface area (Å²) in [6, 6.07) is 0. The molecule has 1 aromatic heterocycles. The minimum Gasteiger partial charge on any atom is -0.369 e. The third-order valence-corrected chi connectivity index (χ3v) is 2.31. The number of anilines is 1. The number of nitrogens with zero attached hydrogens (tertiary/aromatic N) is 2. The van der Waals surface area contributed by atoms with Gasteiger partial charge in [0.15, 0.2) is 0 Å². The van der Waals surface area contributed by atoms with E-state index in [0.29, 0.717) is 5.82 Å². The van der Waals surface area contributed by atoms with Gasteiger partial charge in [0.2, 0.25) is 5.92 Å². The Morgan fingerprint density at radius 2 is 2.29 bits per heavy atom. The summed E-state index contributed by atoms with van der Waals surface area (Å²) < 4.78 is 25.7. The van der Waals surface area contributed by atoms with Crippen LogP contribution in [0.2, 0.25) is 0 Å². The van der Waals surface area contributed by atoms with Crippen molar-refractivity contribution >= 4 is 28.4 Å². The molecule has 0 spiro atoms. The molecule has 0 aliphatic rings. The molecule has 1 heterocycles. The van der Waals surface area contributed by atoms with Gasteiger partial charge in [0.25, 0.3) is 0 Å². The number of nitrogens with one attached hydrogen (secondary N) is 1. The first-order chi connectivity index (χ1) is 6.49. The fourth-order valence-corrected chi connectivity index (χ4v) is 1.33. The van der Waals surface area contributed by atoms with E-state index in [1.54, 1.807) is 6.20 Å². The average molecular weight is 313 g/mol. The number of halogens is 3. The molecule has 0 aromatic carbocycles. The quantitative estimate of drug-likeness (QED) is 0.868. The highest BCUT2D eigenvalue weighted by molar-refractivity contribution is 14.1. The first-order valence-electron chi connectivity index (χ1n) is 4.06. The molecule has 0 saturated carbocycles. The Labute approximate surface area is 94.5 Å². The van der Waals surface area contributed by atoms with Gasteiger partial charge >= 0.3 is 0 Å². The van der Waals surface area contributed by atoms with Crippen LogP contribution in [0, 0.1) is 3.57 Å². The van der Waals surface area contributed by atoms with Crippen molar-refractivity contribution in [2.24, 2.45) is 0 Å². The van der Waals surface area contributed by atoms with E-state index in [1.165, 1.54) is 6.33 Å². The van der Waals surface area contributed by atoms with E-state index in [2.05, 4.69) is 15.3 Å². The predicted octanol–water partition coefficient (Wildman–Crippen LogP) is 2.54. The molecule has 1 N–H and O–H groups in total. The fourth-order valence-electron chi connectivity index (χ4n) is 0.843. The first kappa shape index (κ1) is 11.5. The molecular weight excluding hydrogens is 303 g/mol. The Morgan fingerprint density at radius 3 is 2.86 bits per heavy atom. The molecule has 0 unspecified atom stereocenters. The van der Waals surface area contributed by atoms with Crippen LogP contribution < -0.4 is 5.32 Å². The Hall–Kier alpha value is -0.530. The van der Waals surface area contributed by atoms with Gasteiger partial charge in [0.1, 0.15) is 12.1 Å². The Balaban J connectivity index is 2.43. The molecule has 0 saturated heterocycles. The fraction of sp³-hybridized carbons (Fsp3) is 0.500. The summed E-state index contributed by atoms with van der Waals surface area (Å²) in [5, 5.41) is 2.83. The van der Waals surface area contributed by atoms with Crippen LogP contribution in [-0.2, 0) is 0 Å². The maximum atomic E-state index is 12.5. The summed E-state index contributed by atoms with van der Waals surface area (Å²) in [6.07, 6.45) is 2.81. The van der Waals surface area contributed by atoms with Gasteiger partial charge in [-0.15, -0.1) is 0 Å². The summed E-state index contributed by atoms with van der Waals surface area (Å²) >= 11 is 2.05. The Kier molecular flexibility index (Phi) is 3.97. The number of alkyl halides is 2. The lowest BCUT2D eigenvalue weighted by Gasteiger charge is -2.11. The summed E-state index contributed by atoms with van der Waals surface area (Å²) in [7, 11) is 0. The smallest absolute Gasteiger partial charge is 0.247 e. The van der Waals surface area contributed by atoms with Crippen LogP contribution in [-0.4, -0.2) is 22.4 Å². The molecule has 3 nitrogen and oxygen atoms in total. The standard InChI is InChI=1S/C8H10F2IN3/c1-8(9,10)2-3-13-7-6(11)4-12-5-14-7/h4-5H,2-3H2,1H3,(H,12,13,14). The van der Waals surface area contributed by atoms with Crippen molar-refractivity contribution in [1.29, 1.82) is 0 Å². The third-order valence-electron chi connectivity index (χ3n) is 1.52. The molecule has 0 aliphatic carbocycles.